The first-order valence-electron chi connectivity index (χ1n) is 6.26. The lowest BCUT2D eigenvalue weighted by molar-refractivity contribution is 0.602. The van der Waals surface area contributed by atoms with Crippen molar-refractivity contribution in [2.75, 3.05) is 17.6 Å². The fourth-order valence-corrected chi connectivity index (χ4v) is 1.89. The second kappa shape index (κ2) is 5.57. The Balaban J connectivity index is 1.99. The van der Waals surface area contributed by atoms with Crippen molar-refractivity contribution in [3.05, 3.63) is 23.9 Å². The first-order chi connectivity index (χ1) is 8.72. The van der Waals surface area contributed by atoms with E-state index in [4.69, 9.17) is 5.73 Å². The van der Waals surface area contributed by atoms with Gasteiger partial charge in [-0.2, -0.15) is 5.10 Å². The smallest absolute Gasteiger partial charge is 0.148 e. The quantitative estimate of drug-likeness (QED) is 0.724. The second-order valence-corrected chi connectivity index (χ2v) is 4.32. The number of H-pyrrole nitrogens is 1. The van der Waals surface area contributed by atoms with Crippen molar-refractivity contribution in [2.24, 2.45) is 0 Å². The summed E-state index contributed by atoms with van der Waals surface area (Å²) in [5.41, 5.74) is 8.76. The third kappa shape index (κ3) is 2.64. The van der Waals surface area contributed by atoms with Gasteiger partial charge in [0.2, 0.25) is 0 Å². The van der Waals surface area contributed by atoms with E-state index in [0.717, 1.165) is 48.8 Å². The van der Waals surface area contributed by atoms with Crippen molar-refractivity contribution in [1.29, 1.82) is 0 Å². The van der Waals surface area contributed by atoms with Gasteiger partial charge in [-0.05, 0) is 13.3 Å². The predicted molar refractivity (Wildman–Crippen MR) is 72.4 cm³/mol. The molecule has 0 saturated heterocycles. The van der Waals surface area contributed by atoms with Crippen LogP contribution in [0.5, 0.6) is 0 Å². The molecule has 98 valence electrons. The van der Waals surface area contributed by atoms with Crippen LogP contribution in [0.1, 0.15) is 24.7 Å². The Morgan fingerprint density at radius 3 is 3.00 bits per heavy atom. The normalized spacial score (nSPS) is 10.8. The molecule has 0 fully saturated rings. The molecule has 18 heavy (non-hydrogen) atoms. The van der Waals surface area contributed by atoms with Crippen LogP contribution in [0.15, 0.2) is 12.5 Å². The monoisotopic (exact) mass is 248 g/mol. The van der Waals surface area contributed by atoms with Crippen LogP contribution in [0.25, 0.3) is 0 Å². The summed E-state index contributed by atoms with van der Waals surface area (Å²) in [5, 5.41) is 7.78. The number of aromatic nitrogens is 4. The molecule has 0 atom stereocenters. The highest BCUT2D eigenvalue weighted by Gasteiger charge is 2.11. The van der Waals surface area contributed by atoms with Gasteiger partial charge in [0.15, 0.2) is 0 Å². The lowest BCUT2D eigenvalue weighted by Crippen LogP contribution is -2.12. The minimum absolute atomic E-state index is 0.744. The minimum atomic E-state index is 0.744. The fraction of sp³-hybridized carbons (Fsp3) is 0.500. The number of nitrogens with zero attached hydrogens (tertiary/aromatic N) is 3. The number of hydrogen-bond donors (Lipinski definition) is 3. The van der Waals surface area contributed by atoms with Gasteiger partial charge in [0.25, 0.3) is 0 Å². The maximum absolute atomic E-state index is 6.03. The largest absolute Gasteiger partial charge is 0.394 e. The summed E-state index contributed by atoms with van der Waals surface area (Å²) in [6.45, 7) is 5.74. The van der Waals surface area contributed by atoms with E-state index in [0.29, 0.717) is 0 Å². The number of aromatic amines is 1. The Morgan fingerprint density at radius 1 is 1.50 bits per heavy atom. The van der Waals surface area contributed by atoms with E-state index in [1.807, 2.05) is 17.8 Å². The molecule has 0 unspecified atom stereocenters. The third-order valence-electron chi connectivity index (χ3n) is 2.85. The lowest BCUT2D eigenvalue weighted by Gasteiger charge is -2.09. The van der Waals surface area contributed by atoms with Crippen LogP contribution in [0.4, 0.5) is 11.5 Å². The van der Waals surface area contributed by atoms with Gasteiger partial charge >= 0.3 is 0 Å². The van der Waals surface area contributed by atoms with Crippen molar-refractivity contribution >= 4 is 11.5 Å². The Bertz CT molecular complexity index is 485. The lowest BCUT2D eigenvalue weighted by atomic mass is 10.3. The van der Waals surface area contributed by atoms with Crippen LogP contribution < -0.4 is 11.1 Å². The molecule has 0 saturated carbocycles. The number of nitrogen functional groups attached to an aromatic ring is 1. The van der Waals surface area contributed by atoms with Gasteiger partial charge in [-0.3, -0.25) is 0 Å². The van der Waals surface area contributed by atoms with E-state index in [1.54, 1.807) is 6.33 Å². The highest BCUT2D eigenvalue weighted by atomic mass is 15.3. The number of nitrogens with one attached hydrogen (secondary N) is 2. The van der Waals surface area contributed by atoms with Crippen molar-refractivity contribution in [3.63, 3.8) is 0 Å². The van der Waals surface area contributed by atoms with Crippen molar-refractivity contribution in [1.82, 2.24) is 19.7 Å². The van der Waals surface area contributed by atoms with Crippen LogP contribution in [0.2, 0.25) is 0 Å². The number of nitrogens with two attached hydrogens (primary N) is 1. The molecule has 0 aromatic carbocycles. The average molecular weight is 248 g/mol. The van der Waals surface area contributed by atoms with Gasteiger partial charge in [-0.1, -0.05) is 6.92 Å². The summed E-state index contributed by atoms with van der Waals surface area (Å²) in [6.07, 6.45) is 5.44. The van der Waals surface area contributed by atoms with E-state index in [2.05, 4.69) is 27.3 Å². The van der Waals surface area contributed by atoms with Gasteiger partial charge in [0.1, 0.15) is 5.82 Å². The highest BCUT2D eigenvalue weighted by Crippen LogP contribution is 2.22. The molecule has 0 aliphatic rings. The van der Waals surface area contributed by atoms with E-state index in [9.17, 15) is 0 Å². The predicted octanol–water partition coefficient (Wildman–Crippen LogP) is 1.56. The number of aryl methyl sites for hydroxylation is 2. The Kier molecular flexibility index (Phi) is 3.86. The molecule has 2 rings (SSSR count). The van der Waals surface area contributed by atoms with Gasteiger partial charge in [-0.25, -0.2) is 9.67 Å². The molecule has 4 N–H and O–H groups in total. The molecule has 2 aromatic heterocycles. The van der Waals surface area contributed by atoms with Crippen LogP contribution in [-0.4, -0.2) is 26.3 Å². The van der Waals surface area contributed by atoms with Crippen LogP contribution in [0, 0.1) is 6.92 Å². The highest BCUT2D eigenvalue weighted by molar-refractivity contribution is 5.64. The summed E-state index contributed by atoms with van der Waals surface area (Å²) in [7, 11) is 0. The summed E-state index contributed by atoms with van der Waals surface area (Å²) in [5.74, 6) is 0.925. The SMILES string of the molecule is CCCn1nc(C)c(N)c1NCCc1cnc[nH]1. The molecule has 0 amide bonds. The first-order valence-corrected chi connectivity index (χ1v) is 6.26. The molecular weight excluding hydrogens is 228 g/mol. The van der Waals surface area contributed by atoms with Crippen LogP contribution in [-0.2, 0) is 13.0 Å². The van der Waals surface area contributed by atoms with Gasteiger partial charge < -0.3 is 16.0 Å². The maximum Gasteiger partial charge on any atom is 0.148 e. The summed E-state index contributed by atoms with van der Waals surface area (Å²) in [4.78, 5) is 7.07. The Morgan fingerprint density at radius 2 is 2.33 bits per heavy atom. The Labute approximate surface area is 107 Å². The third-order valence-corrected chi connectivity index (χ3v) is 2.85. The molecular formula is C12H20N6. The number of anilines is 2. The van der Waals surface area contributed by atoms with Crippen LogP contribution in [0.3, 0.4) is 0 Å². The topological polar surface area (TPSA) is 84.6 Å². The van der Waals surface area contributed by atoms with Gasteiger partial charge in [-0.15, -0.1) is 0 Å². The number of imidazole rings is 1. The molecule has 0 radical (unpaired) electrons. The van der Waals surface area contributed by atoms with E-state index < -0.39 is 0 Å². The first kappa shape index (κ1) is 12.5. The number of hydrogen-bond acceptors (Lipinski definition) is 4. The summed E-state index contributed by atoms with van der Waals surface area (Å²) < 4.78 is 1.94. The van der Waals surface area contributed by atoms with Crippen molar-refractivity contribution in [3.8, 4) is 0 Å². The molecule has 0 aliphatic heterocycles. The zero-order valence-electron chi connectivity index (χ0n) is 10.9. The second-order valence-electron chi connectivity index (χ2n) is 4.32. The van der Waals surface area contributed by atoms with E-state index >= 15 is 0 Å². The summed E-state index contributed by atoms with van der Waals surface area (Å²) >= 11 is 0. The molecule has 2 aromatic rings. The maximum atomic E-state index is 6.03. The van der Waals surface area contributed by atoms with Crippen molar-refractivity contribution < 1.29 is 0 Å². The van der Waals surface area contributed by atoms with E-state index in [-0.39, 0.29) is 0 Å². The molecule has 2 heterocycles. The standard InChI is InChI=1S/C12H20N6/c1-3-6-18-12(11(13)9(2)17-18)15-5-4-10-7-14-8-16-10/h7-8,15H,3-6,13H2,1-2H3,(H,14,16). The molecule has 0 bridgehead atoms. The van der Waals surface area contributed by atoms with Crippen LogP contribution >= 0.6 is 0 Å². The summed E-state index contributed by atoms with van der Waals surface area (Å²) in [6, 6.07) is 0. The zero-order valence-corrected chi connectivity index (χ0v) is 10.9. The molecule has 6 nitrogen and oxygen atoms in total. The minimum Gasteiger partial charge on any atom is -0.394 e. The fourth-order valence-electron chi connectivity index (χ4n) is 1.89. The van der Waals surface area contributed by atoms with Crippen molar-refractivity contribution in [2.45, 2.75) is 33.2 Å². The molecule has 0 spiro atoms. The average Bonchev–Trinajstić information content (AvgIpc) is 2.94. The van der Waals surface area contributed by atoms with Gasteiger partial charge in [0.05, 0.1) is 17.7 Å². The molecule has 0 aliphatic carbocycles. The Hall–Kier alpha value is -1.98. The van der Waals surface area contributed by atoms with Gasteiger partial charge in [0, 0.05) is 31.4 Å². The molecule has 6 heteroatoms. The number of rotatable bonds is 6. The zero-order chi connectivity index (χ0) is 13.0. The van der Waals surface area contributed by atoms with E-state index in [1.165, 1.54) is 0 Å².